The van der Waals surface area contributed by atoms with Gasteiger partial charge in [0, 0.05) is 23.1 Å². The first-order valence-corrected chi connectivity index (χ1v) is 12.8. The number of para-hydroxylation sites is 1. The van der Waals surface area contributed by atoms with Crippen molar-refractivity contribution in [2.45, 2.75) is 18.5 Å². The van der Waals surface area contributed by atoms with E-state index in [4.69, 9.17) is 0 Å². The topological polar surface area (TPSA) is 93.9 Å². The van der Waals surface area contributed by atoms with Gasteiger partial charge < -0.3 is 4.57 Å². The number of carbonyl (C=O) groups is 1. The number of carbonyl (C=O) groups excluding carboxylic acids is 1. The van der Waals surface area contributed by atoms with Gasteiger partial charge in [-0.2, -0.15) is 8.42 Å². The maximum atomic E-state index is 13.4. The maximum Gasteiger partial charge on any atom is 0.285 e. The van der Waals surface area contributed by atoms with Crippen LogP contribution in [0.1, 0.15) is 21.6 Å². The Bertz CT molecular complexity index is 1590. The van der Waals surface area contributed by atoms with E-state index < -0.39 is 15.9 Å². The summed E-state index contributed by atoms with van der Waals surface area (Å²) in [5.74, 6) is -0.701. The predicted octanol–water partition coefficient (Wildman–Crippen LogP) is 4.64. The fraction of sp³-hybridized carbons (Fsp3) is 0.0800. The molecule has 2 heterocycles. The third kappa shape index (κ3) is 4.00. The highest BCUT2D eigenvalue weighted by molar-refractivity contribution is 7.90. The molecular formula is C25H20N4O3S2. The fourth-order valence-corrected chi connectivity index (χ4v) is 6.04. The zero-order chi connectivity index (χ0) is 23.7. The van der Waals surface area contributed by atoms with Crippen molar-refractivity contribution in [3.8, 4) is 10.4 Å². The van der Waals surface area contributed by atoms with E-state index in [2.05, 4.69) is 14.3 Å². The molecule has 34 heavy (non-hydrogen) atoms. The molecule has 0 aliphatic carbocycles. The van der Waals surface area contributed by atoms with E-state index in [9.17, 15) is 13.2 Å². The smallest absolute Gasteiger partial charge is 0.285 e. The highest BCUT2D eigenvalue weighted by Gasteiger charge is 2.29. The summed E-state index contributed by atoms with van der Waals surface area (Å²) in [6, 6.07) is 26.4. The number of nitrogens with zero attached hydrogens (tertiary/aromatic N) is 3. The normalized spacial score (nSPS) is 11.6. The van der Waals surface area contributed by atoms with E-state index in [1.165, 1.54) is 0 Å². The first-order chi connectivity index (χ1) is 16.5. The van der Waals surface area contributed by atoms with Crippen LogP contribution in [0.4, 0.5) is 0 Å². The molecule has 2 aromatic heterocycles. The summed E-state index contributed by atoms with van der Waals surface area (Å²) in [4.78, 5) is 13.7. The van der Waals surface area contributed by atoms with Crippen LogP contribution in [0.5, 0.6) is 0 Å². The number of hydrogen-bond donors (Lipinski definition) is 1. The van der Waals surface area contributed by atoms with Gasteiger partial charge in [0.15, 0.2) is 0 Å². The molecule has 3 aromatic carbocycles. The molecule has 0 unspecified atom stereocenters. The van der Waals surface area contributed by atoms with Gasteiger partial charge >= 0.3 is 0 Å². The number of sulfonamides is 1. The van der Waals surface area contributed by atoms with Gasteiger partial charge in [0.2, 0.25) is 5.03 Å². The molecule has 170 valence electrons. The number of hydrogen-bond acceptors (Lipinski definition) is 6. The lowest BCUT2D eigenvalue weighted by Gasteiger charge is -2.09. The quantitative estimate of drug-likeness (QED) is 0.376. The second kappa shape index (κ2) is 8.85. The van der Waals surface area contributed by atoms with Crippen LogP contribution in [0, 0.1) is 6.92 Å². The van der Waals surface area contributed by atoms with Crippen molar-refractivity contribution in [2.75, 3.05) is 0 Å². The van der Waals surface area contributed by atoms with Crippen LogP contribution in [-0.2, 0) is 16.6 Å². The molecule has 7 nitrogen and oxygen atoms in total. The van der Waals surface area contributed by atoms with Crippen molar-refractivity contribution >= 4 is 38.4 Å². The summed E-state index contributed by atoms with van der Waals surface area (Å²) >= 11 is 0.968. The number of aromatic nitrogens is 3. The second-order valence-electron chi connectivity index (χ2n) is 7.76. The van der Waals surface area contributed by atoms with E-state index in [0.717, 1.165) is 22.6 Å². The molecule has 5 rings (SSSR count). The fourth-order valence-electron chi connectivity index (χ4n) is 4.03. The molecule has 0 saturated heterocycles. The molecule has 1 amide bonds. The Morgan fingerprint density at radius 3 is 2.32 bits per heavy atom. The van der Waals surface area contributed by atoms with Crippen LogP contribution < -0.4 is 4.72 Å². The van der Waals surface area contributed by atoms with Gasteiger partial charge in [0.05, 0.1) is 10.4 Å². The summed E-state index contributed by atoms with van der Waals surface area (Å²) in [7, 11) is -4.25. The Morgan fingerprint density at radius 2 is 1.59 bits per heavy atom. The van der Waals surface area contributed by atoms with Crippen LogP contribution in [0.25, 0.3) is 21.3 Å². The van der Waals surface area contributed by atoms with Crippen molar-refractivity contribution in [1.82, 2.24) is 18.9 Å². The molecule has 0 saturated carbocycles. The standard InChI is InChI=1S/C25H20N4O3S2/c1-17-22(20-14-8-9-15-21(20)29(17)16-18-10-4-2-5-11-18)24(30)27-34(31,32)25-23(33-28-26-25)19-12-6-3-7-13-19/h2-15H,16H2,1H3,(H,27,30). The molecule has 0 bridgehead atoms. The van der Waals surface area contributed by atoms with E-state index in [-0.39, 0.29) is 5.03 Å². The number of rotatable bonds is 6. The molecule has 5 aromatic rings. The lowest BCUT2D eigenvalue weighted by atomic mass is 10.1. The van der Waals surface area contributed by atoms with E-state index >= 15 is 0 Å². The van der Waals surface area contributed by atoms with Gasteiger partial charge in [-0.05, 0) is 35.6 Å². The highest BCUT2D eigenvalue weighted by Crippen LogP contribution is 2.30. The maximum absolute atomic E-state index is 13.4. The summed E-state index contributed by atoms with van der Waals surface area (Å²) in [5.41, 5.74) is 3.59. The summed E-state index contributed by atoms with van der Waals surface area (Å²) < 4.78 is 34.4. The van der Waals surface area contributed by atoms with Crippen LogP contribution in [0.3, 0.4) is 0 Å². The lowest BCUT2D eigenvalue weighted by molar-refractivity contribution is 0.0982. The average molecular weight is 489 g/mol. The number of amides is 1. The minimum Gasteiger partial charge on any atom is -0.340 e. The number of nitrogens with one attached hydrogen (secondary N) is 1. The van der Waals surface area contributed by atoms with Crippen molar-refractivity contribution in [3.63, 3.8) is 0 Å². The first-order valence-electron chi connectivity index (χ1n) is 10.5. The Balaban J connectivity index is 1.53. The highest BCUT2D eigenvalue weighted by atomic mass is 32.2. The Morgan fingerprint density at radius 1 is 0.941 bits per heavy atom. The summed E-state index contributed by atoms with van der Waals surface area (Å²) in [6.07, 6.45) is 0. The lowest BCUT2D eigenvalue weighted by Crippen LogP contribution is -2.31. The molecule has 0 radical (unpaired) electrons. The SMILES string of the molecule is Cc1c(C(=O)NS(=O)(=O)c2nnsc2-c2ccccc2)c2ccccc2n1Cc1ccccc1. The van der Waals surface area contributed by atoms with E-state index in [1.54, 1.807) is 24.3 Å². The van der Waals surface area contributed by atoms with Gasteiger partial charge in [-0.25, -0.2) is 4.72 Å². The predicted molar refractivity (Wildman–Crippen MR) is 132 cm³/mol. The molecular weight excluding hydrogens is 468 g/mol. The van der Waals surface area contributed by atoms with Gasteiger partial charge in [0.25, 0.3) is 15.9 Å². The van der Waals surface area contributed by atoms with Gasteiger partial charge in [-0.3, -0.25) is 4.79 Å². The van der Waals surface area contributed by atoms with Crippen LogP contribution in [-0.4, -0.2) is 28.5 Å². The van der Waals surface area contributed by atoms with Crippen molar-refractivity contribution in [3.05, 3.63) is 102 Å². The van der Waals surface area contributed by atoms with Crippen LogP contribution in [0.2, 0.25) is 0 Å². The molecule has 0 atom stereocenters. The second-order valence-corrected chi connectivity index (χ2v) is 10.1. The zero-order valence-electron chi connectivity index (χ0n) is 18.2. The summed E-state index contributed by atoms with van der Waals surface area (Å²) in [6.45, 7) is 2.38. The van der Waals surface area contributed by atoms with Crippen molar-refractivity contribution < 1.29 is 13.2 Å². The minimum atomic E-state index is -4.25. The third-order valence-electron chi connectivity index (χ3n) is 5.62. The molecule has 0 spiro atoms. The van der Waals surface area contributed by atoms with Crippen molar-refractivity contribution in [2.24, 2.45) is 0 Å². The van der Waals surface area contributed by atoms with Gasteiger partial charge in [-0.1, -0.05) is 83.4 Å². The summed E-state index contributed by atoms with van der Waals surface area (Å²) in [5, 5.41) is 4.24. The zero-order valence-corrected chi connectivity index (χ0v) is 19.8. The number of fused-ring (bicyclic) bond motifs is 1. The van der Waals surface area contributed by atoms with Gasteiger partial charge in [0.1, 0.15) is 0 Å². The number of benzene rings is 3. The average Bonchev–Trinajstić information content (AvgIpc) is 3.44. The van der Waals surface area contributed by atoms with E-state index in [1.807, 2.05) is 72.2 Å². The largest absolute Gasteiger partial charge is 0.340 e. The van der Waals surface area contributed by atoms with Gasteiger partial charge in [-0.15, -0.1) is 5.10 Å². The molecule has 0 aliphatic rings. The Kier molecular flexibility index (Phi) is 5.72. The van der Waals surface area contributed by atoms with Crippen LogP contribution >= 0.6 is 11.5 Å². The minimum absolute atomic E-state index is 0.261. The molecule has 1 N–H and O–H groups in total. The molecule has 9 heteroatoms. The Hall–Kier alpha value is -3.82. The molecule has 0 aliphatic heterocycles. The third-order valence-corrected chi connectivity index (χ3v) is 7.77. The monoisotopic (exact) mass is 488 g/mol. The van der Waals surface area contributed by atoms with Crippen LogP contribution in [0.15, 0.2) is 90.0 Å². The van der Waals surface area contributed by atoms with E-state index in [0.29, 0.717) is 33.6 Å². The Labute approximate surface area is 200 Å². The van der Waals surface area contributed by atoms with Crippen molar-refractivity contribution in [1.29, 1.82) is 0 Å². The first kappa shape index (κ1) is 22.0. The molecule has 0 fully saturated rings.